The minimum Gasteiger partial charge on any atom is -0.449 e. The van der Waals surface area contributed by atoms with Crippen molar-refractivity contribution in [3.8, 4) is 11.1 Å². The molecule has 2 aromatic rings. The van der Waals surface area contributed by atoms with Crippen molar-refractivity contribution in [3.05, 3.63) is 59.7 Å². The van der Waals surface area contributed by atoms with Gasteiger partial charge in [0.1, 0.15) is 6.61 Å². The van der Waals surface area contributed by atoms with Crippen LogP contribution in [0.15, 0.2) is 48.5 Å². The molecule has 1 aliphatic carbocycles. The van der Waals surface area contributed by atoms with Gasteiger partial charge in [-0.3, -0.25) is 0 Å². The second kappa shape index (κ2) is 6.84. The summed E-state index contributed by atoms with van der Waals surface area (Å²) in [6.45, 7) is 2.12. The Hall–Kier alpha value is -2.33. The molecule has 0 radical (unpaired) electrons. The van der Waals surface area contributed by atoms with Crippen molar-refractivity contribution in [2.75, 3.05) is 13.2 Å². The van der Waals surface area contributed by atoms with Gasteiger partial charge < -0.3 is 15.2 Å². The third-order valence-electron chi connectivity index (χ3n) is 4.38. The molecule has 0 fully saturated rings. The monoisotopic (exact) mass is 311 g/mol. The van der Waals surface area contributed by atoms with Crippen LogP contribution in [0.3, 0.4) is 0 Å². The fourth-order valence-corrected chi connectivity index (χ4v) is 3.08. The molecule has 0 saturated heterocycles. The molecule has 4 heteroatoms. The van der Waals surface area contributed by atoms with E-state index in [4.69, 9.17) is 9.84 Å². The number of carbonyl (C=O) groups excluding carboxylic acids is 1. The molecule has 4 nitrogen and oxygen atoms in total. The van der Waals surface area contributed by atoms with Gasteiger partial charge in [0.05, 0.1) is 12.6 Å². The van der Waals surface area contributed by atoms with E-state index in [0.29, 0.717) is 13.0 Å². The van der Waals surface area contributed by atoms with Crippen LogP contribution in [-0.4, -0.2) is 30.5 Å². The number of hydrogen-bond acceptors (Lipinski definition) is 3. The van der Waals surface area contributed by atoms with E-state index in [9.17, 15) is 4.79 Å². The molecule has 0 bridgehead atoms. The lowest BCUT2D eigenvalue weighted by molar-refractivity contribution is 0.132. The maximum atomic E-state index is 11.9. The Morgan fingerprint density at radius 3 is 2.22 bits per heavy atom. The fraction of sp³-hybridized carbons (Fsp3) is 0.316. The van der Waals surface area contributed by atoms with E-state index in [2.05, 4.69) is 29.6 Å². The molecule has 0 spiro atoms. The van der Waals surface area contributed by atoms with E-state index >= 15 is 0 Å². The highest BCUT2D eigenvalue weighted by molar-refractivity contribution is 5.79. The SMILES string of the molecule is CC[C@H](CO)NC(=O)OCC1c2ccccc2-c2ccccc21. The highest BCUT2D eigenvalue weighted by atomic mass is 16.5. The van der Waals surface area contributed by atoms with E-state index in [0.717, 1.165) is 0 Å². The highest BCUT2D eigenvalue weighted by Crippen LogP contribution is 2.44. The van der Waals surface area contributed by atoms with Gasteiger partial charge >= 0.3 is 6.09 Å². The molecule has 0 heterocycles. The Labute approximate surface area is 136 Å². The predicted octanol–water partition coefficient (Wildman–Crippen LogP) is 3.30. The predicted molar refractivity (Wildman–Crippen MR) is 89.4 cm³/mol. The summed E-state index contributed by atoms with van der Waals surface area (Å²) in [5.41, 5.74) is 4.80. The van der Waals surface area contributed by atoms with Crippen molar-refractivity contribution < 1.29 is 14.6 Å². The van der Waals surface area contributed by atoms with Gasteiger partial charge in [-0.15, -0.1) is 0 Å². The van der Waals surface area contributed by atoms with Gasteiger partial charge in [-0.2, -0.15) is 0 Å². The lowest BCUT2D eigenvalue weighted by Gasteiger charge is -2.17. The van der Waals surface area contributed by atoms with Crippen molar-refractivity contribution in [2.45, 2.75) is 25.3 Å². The Bertz CT molecular complexity index is 649. The normalized spacial score (nSPS) is 14.0. The number of nitrogens with one attached hydrogen (secondary N) is 1. The third kappa shape index (κ3) is 3.08. The standard InChI is InChI=1S/C19H21NO3/c1-2-13(11-21)20-19(22)23-12-18-16-9-5-3-7-14(16)15-8-4-6-10-17(15)18/h3-10,13,18,21H,2,11-12H2,1H3,(H,20,22)/t13-/m1/s1. The Kier molecular flexibility index (Phi) is 4.63. The molecule has 3 rings (SSSR count). The lowest BCUT2D eigenvalue weighted by atomic mass is 9.98. The first-order valence-electron chi connectivity index (χ1n) is 7.97. The summed E-state index contributed by atoms with van der Waals surface area (Å²) in [4.78, 5) is 11.9. The molecular formula is C19H21NO3. The maximum absolute atomic E-state index is 11.9. The van der Waals surface area contributed by atoms with Crippen LogP contribution < -0.4 is 5.32 Å². The van der Waals surface area contributed by atoms with Gasteiger partial charge in [-0.1, -0.05) is 55.5 Å². The van der Waals surface area contributed by atoms with Gasteiger partial charge in [-0.25, -0.2) is 4.79 Å². The van der Waals surface area contributed by atoms with Crippen LogP contribution in [0.1, 0.15) is 30.4 Å². The number of aliphatic hydroxyl groups is 1. The van der Waals surface area contributed by atoms with Gasteiger partial charge in [0.15, 0.2) is 0 Å². The summed E-state index contributed by atoms with van der Waals surface area (Å²) in [5, 5.41) is 11.8. The number of ether oxygens (including phenoxy) is 1. The molecule has 0 saturated carbocycles. The van der Waals surface area contributed by atoms with Crippen LogP contribution in [0, 0.1) is 0 Å². The smallest absolute Gasteiger partial charge is 0.407 e. The third-order valence-corrected chi connectivity index (χ3v) is 4.38. The van der Waals surface area contributed by atoms with E-state index in [1.54, 1.807) is 0 Å². The second-order valence-electron chi connectivity index (χ2n) is 5.76. The zero-order valence-corrected chi connectivity index (χ0v) is 13.2. The van der Waals surface area contributed by atoms with Crippen LogP contribution in [0.25, 0.3) is 11.1 Å². The summed E-state index contributed by atoms with van der Waals surface area (Å²) in [6.07, 6.45) is 0.188. The number of fused-ring (bicyclic) bond motifs is 3. The average molecular weight is 311 g/mol. The second-order valence-corrected chi connectivity index (χ2v) is 5.76. The maximum Gasteiger partial charge on any atom is 0.407 e. The van der Waals surface area contributed by atoms with E-state index in [1.807, 2.05) is 31.2 Å². The molecule has 23 heavy (non-hydrogen) atoms. The number of benzene rings is 2. The van der Waals surface area contributed by atoms with Gasteiger partial charge in [-0.05, 0) is 28.7 Å². The van der Waals surface area contributed by atoms with Crippen LogP contribution in [-0.2, 0) is 4.74 Å². The first kappa shape index (κ1) is 15.6. The largest absolute Gasteiger partial charge is 0.449 e. The van der Waals surface area contributed by atoms with E-state index in [-0.39, 0.29) is 18.6 Å². The number of alkyl carbamates (subject to hydrolysis) is 1. The van der Waals surface area contributed by atoms with Crippen molar-refractivity contribution in [1.82, 2.24) is 5.32 Å². The van der Waals surface area contributed by atoms with Gasteiger partial charge in [0.25, 0.3) is 0 Å². The van der Waals surface area contributed by atoms with E-state index in [1.165, 1.54) is 22.3 Å². The topological polar surface area (TPSA) is 58.6 Å². The van der Waals surface area contributed by atoms with Gasteiger partial charge in [0, 0.05) is 5.92 Å². The molecule has 1 amide bonds. The van der Waals surface area contributed by atoms with Crippen molar-refractivity contribution >= 4 is 6.09 Å². The summed E-state index contributed by atoms with van der Waals surface area (Å²) < 4.78 is 5.41. The number of amides is 1. The van der Waals surface area contributed by atoms with Crippen LogP contribution >= 0.6 is 0 Å². The Morgan fingerprint density at radius 1 is 1.13 bits per heavy atom. The fourth-order valence-electron chi connectivity index (χ4n) is 3.08. The van der Waals surface area contributed by atoms with Crippen molar-refractivity contribution in [1.29, 1.82) is 0 Å². The number of carbonyl (C=O) groups is 1. The van der Waals surface area contributed by atoms with Crippen LogP contribution in [0.5, 0.6) is 0 Å². The quantitative estimate of drug-likeness (QED) is 0.891. The summed E-state index contributed by atoms with van der Waals surface area (Å²) in [7, 11) is 0. The first-order valence-corrected chi connectivity index (χ1v) is 7.97. The minimum absolute atomic E-state index is 0.0577. The van der Waals surface area contributed by atoms with Crippen molar-refractivity contribution in [2.24, 2.45) is 0 Å². The first-order chi connectivity index (χ1) is 11.2. The zero-order valence-electron chi connectivity index (χ0n) is 13.2. The average Bonchev–Trinajstić information content (AvgIpc) is 2.92. The molecule has 1 aliphatic rings. The molecule has 1 atom stereocenters. The Balaban J connectivity index is 1.75. The molecule has 2 N–H and O–H groups in total. The molecular weight excluding hydrogens is 290 g/mol. The molecule has 2 aromatic carbocycles. The number of aliphatic hydroxyl groups excluding tert-OH is 1. The zero-order chi connectivity index (χ0) is 16.2. The van der Waals surface area contributed by atoms with E-state index < -0.39 is 6.09 Å². The highest BCUT2D eigenvalue weighted by Gasteiger charge is 2.29. The summed E-state index contributed by atoms with van der Waals surface area (Å²) in [6, 6.07) is 16.2. The molecule has 0 aromatic heterocycles. The number of rotatable bonds is 5. The lowest BCUT2D eigenvalue weighted by Crippen LogP contribution is -2.37. The van der Waals surface area contributed by atoms with Crippen LogP contribution in [0.2, 0.25) is 0 Å². The summed E-state index contributed by atoms with van der Waals surface area (Å²) >= 11 is 0. The Morgan fingerprint density at radius 2 is 1.70 bits per heavy atom. The summed E-state index contributed by atoms with van der Waals surface area (Å²) in [5.74, 6) is 0.0577. The minimum atomic E-state index is -0.479. The number of hydrogen-bond donors (Lipinski definition) is 2. The van der Waals surface area contributed by atoms with Crippen LogP contribution in [0.4, 0.5) is 4.79 Å². The molecule has 0 unspecified atom stereocenters. The van der Waals surface area contributed by atoms with Crippen molar-refractivity contribution in [3.63, 3.8) is 0 Å². The molecule has 120 valence electrons. The molecule has 0 aliphatic heterocycles. The van der Waals surface area contributed by atoms with Gasteiger partial charge in [0.2, 0.25) is 0 Å².